The number of aromatic nitrogens is 1. The number of amides is 2. The van der Waals surface area contributed by atoms with Crippen molar-refractivity contribution in [2.75, 3.05) is 6.54 Å². The molecule has 2 aromatic heterocycles. The highest BCUT2D eigenvalue weighted by atomic mass is 16.3. The van der Waals surface area contributed by atoms with E-state index >= 15 is 0 Å². The van der Waals surface area contributed by atoms with Gasteiger partial charge in [-0.1, -0.05) is 0 Å². The SMILES string of the molecule is O=C(CNC(=O)c1ccc2[nH]c3c(c2c1)CCCC3)NCc1ccco1. The maximum Gasteiger partial charge on any atom is 0.251 e. The van der Waals surface area contributed by atoms with E-state index in [9.17, 15) is 9.59 Å². The van der Waals surface area contributed by atoms with Gasteiger partial charge in [0.1, 0.15) is 5.76 Å². The summed E-state index contributed by atoms with van der Waals surface area (Å²) in [6, 6.07) is 9.21. The molecule has 0 fully saturated rings. The largest absolute Gasteiger partial charge is 0.467 e. The van der Waals surface area contributed by atoms with E-state index in [4.69, 9.17) is 4.42 Å². The Morgan fingerprint density at radius 3 is 2.85 bits per heavy atom. The molecule has 1 aliphatic rings. The van der Waals surface area contributed by atoms with Crippen LogP contribution in [0.2, 0.25) is 0 Å². The molecule has 1 aromatic carbocycles. The third-order valence-corrected chi connectivity index (χ3v) is 4.81. The number of aryl methyl sites for hydroxylation is 2. The first kappa shape index (κ1) is 16.4. The van der Waals surface area contributed by atoms with Crippen LogP contribution in [0, 0.1) is 0 Å². The van der Waals surface area contributed by atoms with Crippen molar-refractivity contribution in [3.05, 3.63) is 59.2 Å². The molecule has 0 aliphatic heterocycles. The molecule has 0 saturated carbocycles. The zero-order chi connectivity index (χ0) is 17.9. The van der Waals surface area contributed by atoms with Crippen molar-refractivity contribution in [3.8, 4) is 0 Å². The Hall–Kier alpha value is -3.02. The predicted molar refractivity (Wildman–Crippen MR) is 97.8 cm³/mol. The Morgan fingerprint density at radius 1 is 1.12 bits per heavy atom. The van der Waals surface area contributed by atoms with Crippen LogP contribution in [0.3, 0.4) is 0 Å². The summed E-state index contributed by atoms with van der Waals surface area (Å²) in [6.07, 6.45) is 6.07. The smallest absolute Gasteiger partial charge is 0.251 e. The summed E-state index contributed by atoms with van der Waals surface area (Å²) >= 11 is 0. The molecular formula is C20H21N3O3. The molecule has 0 bridgehead atoms. The van der Waals surface area contributed by atoms with Crippen LogP contribution in [0.5, 0.6) is 0 Å². The minimum atomic E-state index is -0.255. The van der Waals surface area contributed by atoms with Crippen molar-refractivity contribution in [1.82, 2.24) is 15.6 Å². The van der Waals surface area contributed by atoms with Crippen molar-refractivity contribution in [3.63, 3.8) is 0 Å². The van der Waals surface area contributed by atoms with Crippen LogP contribution in [0.15, 0.2) is 41.0 Å². The minimum absolute atomic E-state index is 0.0666. The second kappa shape index (κ2) is 7.07. The second-order valence-electron chi connectivity index (χ2n) is 6.59. The first-order valence-corrected chi connectivity index (χ1v) is 8.91. The van der Waals surface area contributed by atoms with Gasteiger partial charge in [0.05, 0.1) is 19.4 Å². The molecule has 0 saturated heterocycles. The Labute approximate surface area is 151 Å². The number of fused-ring (bicyclic) bond motifs is 3. The average molecular weight is 351 g/mol. The number of carbonyl (C=O) groups is 2. The molecule has 0 unspecified atom stereocenters. The lowest BCUT2D eigenvalue weighted by Gasteiger charge is -2.10. The number of H-pyrrole nitrogens is 1. The lowest BCUT2D eigenvalue weighted by molar-refractivity contribution is -0.120. The molecule has 0 atom stereocenters. The van der Waals surface area contributed by atoms with Crippen molar-refractivity contribution < 1.29 is 14.0 Å². The summed E-state index contributed by atoms with van der Waals surface area (Å²) in [5.41, 5.74) is 4.27. The normalized spacial score (nSPS) is 13.4. The maximum absolute atomic E-state index is 12.4. The number of carbonyl (C=O) groups excluding carboxylic acids is 2. The molecule has 6 heteroatoms. The molecule has 0 spiro atoms. The molecule has 1 aliphatic carbocycles. The van der Waals surface area contributed by atoms with Crippen LogP contribution in [0.25, 0.3) is 10.9 Å². The van der Waals surface area contributed by atoms with Gasteiger partial charge in [-0.15, -0.1) is 0 Å². The van der Waals surface area contributed by atoms with Crippen LogP contribution in [-0.2, 0) is 24.2 Å². The summed E-state index contributed by atoms with van der Waals surface area (Å²) in [6.45, 7) is 0.242. The lowest BCUT2D eigenvalue weighted by atomic mass is 9.95. The van der Waals surface area contributed by atoms with Crippen LogP contribution >= 0.6 is 0 Å². The molecule has 6 nitrogen and oxygen atoms in total. The number of hydrogen-bond donors (Lipinski definition) is 3. The Morgan fingerprint density at radius 2 is 2.00 bits per heavy atom. The maximum atomic E-state index is 12.4. The molecule has 0 radical (unpaired) electrons. The van der Waals surface area contributed by atoms with Gasteiger partial charge in [0.2, 0.25) is 5.91 Å². The number of benzene rings is 1. The standard InChI is InChI=1S/C20H21N3O3/c24-19(21-11-14-4-3-9-26-14)12-22-20(25)13-7-8-18-16(10-13)15-5-1-2-6-17(15)23-18/h3-4,7-10,23H,1-2,5-6,11-12H2,(H,21,24)(H,22,25). The number of aromatic amines is 1. The van der Waals surface area contributed by atoms with E-state index in [-0.39, 0.29) is 18.4 Å². The number of hydrogen-bond acceptors (Lipinski definition) is 3. The van der Waals surface area contributed by atoms with E-state index in [0.29, 0.717) is 17.9 Å². The topological polar surface area (TPSA) is 87.1 Å². The van der Waals surface area contributed by atoms with Crippen molar-refractivity contribution in [1.29, 1.82) is 0 Å². The van der Waals surface area contributed by atoms with E-state index in [1.807, 2.05) is 12.1 Å². The summed E-state index contributed by atoms with van der Waals surface area (Å²) in [7, 11) is 0. The van der Waals surface area contributed by atoms with E-state index in [1.165, 1.54) is 24.1 Å². The fraction of sp³-hybridized carbons (Fsp3) is 0.300. The quantitative estimate of drug-likeness (QED) is 0.660. The van der Waals surface area contributed by atoms with Crippen molar-refractivity contribution >= 4 is 22.7 Å². The monoisotopic (exact) mass is 351 g/mol. The van der Waals surface area contributed by atoms with Gasteiger partial charge in [-0.3, -0.25) is 9.59 Å². The zero-order valence-electron chi connectivity index (χ0n) is 14.4. The molecule has 2 amide bonds. The lowest BCUT2D eigenvalue weighted by Crippen LogP contribution is -2.36. The minimum Gasteiger partial charge on any atom is -0.467 e. The first-order valence-electron chi connectivity index (χ1n) is 8.91. The van der Waals surface area contributed by atoms with E-state index in [2.05, 4.69) is 15.6 Å². The molecular weight excluding hydrogens is 330 g/mol. The molecule has 26 heavy (non-hydrogen) atoms. The van der Waals surface area contributed by atoms with Gasteiger partial charge in [-0.25, -0.2) is 0 Å². The van der Waals surface area contributed by atoms with Gasteiger partial charge in [0.15, 0.2) is 0 Å². The number of nitrogens with one attached hydrogen (secondary N) is 3. The van der Waals surface area contributed by atoms with Crippen LogP contribution in [-0.4, -0.2) is 23.3 Å². The molecule has 2 heterocycles. The highest BCUT2D eigenvalue weighted by Crippen LogP contribution is 2.29. The summed E-state index contributed by atoms with van der Waals surface area (Å²) in [5.74, 6) is 0.174. The van der Waals surface area contributed by atoms with Crippen molar-refractivity contribution in [2.24, 2.45) is 0 Å². The average Bonchev–Trinajstić information content (AvgIpc) is 3.31. The first-order chi connectivity index (χ1) is 12.7. The summed E-state index contributed by atoms with van der Waals surface area (Å²) < 4.78 is 5.15. The highest BCUT2D eigenvalue weighted by Gasteiger charge is 2.17. The van der Waals surface area contributed by atoms with Crippen LogP contribution in [0.4, 0.5) is 0 Å². The van der Waals surface area contributed by atoms with Gasteiger partial charge in [-0.05, 0) is 61.6 Å². The van der Waals surface area contributed by atoms with Gasteiger partial charge >= 0.3 is 0 Å². The van der Waals surface area contributed by atoms with Gasteiger partial charge in [0.25, 0.3) is 5.91 Å². The molecule has 4 rings (SSSR count). The third-order valence-electron chi connectivity index (χ3n) is 4.81. The summed E-state index contributed by atoms with van der Waals surface area (Å²) in [4.78, 5) is 27.7. The van der Waals surface area contributed by atoms with E-state index < -0.39 is 0 Å². The molecule has 134 valence electrons. The van der Waals surface area contributed by atoms with Gasteiger partial charge in [0, 0.05) is 22.2 Å². The fourth-order valence-corrected chi connectivity index (χ4v) is 3.47. The Kier molecular flexibility index (Phi) is 4.48. The van der Waals surface area contributed by atoms with E-state index in [0.717, 1.165) is 23.7 Å². The fourth-order valence-electron chi connectivity index (χ4n) is 3.47. The number of furan rings is 1. The molecule has 3 aromatic rings. The van der Waals surface area contributed by atoms with Crippen molar-refractivity contribution in [2.45, 2.75) is 32.2 Å². The highest BCUT2D eigenvalue weighted by molar-refractivity contribution is 6.00. The number of rotatable bonds is 5. The Balaban J connectivity index is 1.39. The zero-order valence-corrected chi connectivity index (χ0v) is 14.4. The Bertz CT molecular complexity index is 941. The summed E-state index contributed by atoms with van der Waals surface area (Å²) in [5, 5.41) is 6.50. The van der Waals surface area contributed by atoms with Crippen LogP contribution in [0.1, 0.15) is 40.2 Å². The van der Waals surface area contributed by atoms with E-state index in [1.54, 1.807) is 24.5 Å². The molecule has 3 N–H and O–H groups in total. The second-order valence-corrected chi connectivity index (χ2v) is 6.59. The third kappa shape index (κ3) is 3.35. The predicted octanol–water partition coefficient (Wildman–Crippen LogP) is 2.69. The van der Waals surface area contributed by atoms with Crippen LogP contribution < -0.4 is 10.6 Å². The van der Waals surface area contributed by atoms with Gasteiger partial charge < -0.3 is 20.0 Å². The van der Waals surface area contributed by atoms with Gasteiger partial charge in [-0.2, -0.15) is 0 Å².